The van der Waals surface area contributed by atoms with Gasteiger partial charge in [0.05, 0.1) is 12.7 Å². The number of rotatable bonds is 3. The highest BCUT2D eigenvalue weighted by molar-refractivity contribution is 6.30. The van der Waals surface area contributed by atoms with E-state index in [2.05, 4.69) is 0 Å². The summed E-state index contributed by atoms with van der Waals surface area (Å²) < 4.78 is 44.1. The molecular weight excluding hydrogens is 305 g/mol. The number of hydrogen-bond donors (Lipinski definition) is 1. The first-order valence-electron chi connectivity index (χ1n) is 6.02. The number of aliphatic hydroxyl groups is 1. The number of aliphatic hydroxyl groups excluding tert-OH is 1. The second kappa shape index (κ2) is 5.95. The van der Waals surface area contributed by atoms with Gasteiger partial charge in [0.25, 0.3) is 0 Å². The molecule has 0 aliphatic rings. The maximum absolute atomic E-state index is 13.0. The largest absolute Gasteiger partial charge is 0.496 e. The molecule has 0 bridgehead atoms. The lowest BCUT2D eigenvalue weighted by Gasteiger charge is -2.19. The molecular formula is C15H12ClF3O2. The number of methoxy groups -OCH3 is 1. The molecule has 0 aliphatic heterocycles. The van der Waals surface area contributed by atoms with Gasteiger partial charge in [-0.25, -0.2) is 0 Å². The zero-order chi connectivity index (χ0) is 15.6. The summed E-state index contributed by atoms with van der Waals surface area (Å²) in [5.74, 6) is 0.267. The molecule has 2 nitrogen and oxygen atoms in total. The minimum Gasteiger partial charge on any atom is -0.496 e. The van der Waals surface area contributed by atoms with Gasteiger partial charge < -0.3 is 9.84 Å². The van der Waals surface area contributed by atoms with Crippen LogP contribution in [0.25, 0.3) is 0 Å². The molecule has 0 radical (unpaired) electrons. The summed E-state index contributed by atoms with van der Waals surface area (Å²) in [4.78, 5) is 0. The van der Waals surface area contributed by atoms with Crippen LogP contribution in [0.3, 0.4) is 0 Å². The van der Waals surface area contributed by atoms with Crippen molar-refractivity contribution < 1.29 is 23.0 Å². The number of hydrogen-bond acceptors (Lipinski definition) is 2. The molecule has 1 unspecified atom stereocenters. The number of ether oxygens (including phenoxy) is 1. The van der Waals surface area contributed by atoms with Gasteiger partial charge in [-0.2, -0.15) is 13.2 Å². The Morgan fingerprint density at radius 3 is 2.38 bits per heavy atom. The second-order valence-electron chi connectivity index (χ2n) is 4.37. The van der Waals surface area contributed by atoms with Crippen LogP contribution >= 0.6 is 11.6 Å². The van der Waals surface area contributed by atoms with Crippen molar-refractivity contribution in [2.45, 2.75) is 12.3 Å². The number of halogens is 4. The van der Waals surface area contributed by atoms with E-state index in [1.807, 2.05) is 0 Å². The van der Waals surface area contributed by atoms with Crippen molar-refractivity contribution in [2.75, 3.05) is 7.11 Å². The topological polar surface area (TPSA) is 29.5 Å². The Labute approximate surface area is 124 Å². The third-order valence-electron chi connectivity index (χ3n) is 3.05. The van der Waals surface area contributed by atoms with E-state index in [9.17, 15) is 18.3 Å². The van der Waals surface area contributed by atoms with Gasteiger partial charge in [0.2, 0.25) is 0 Å². The van der Waals surface area contributed by atoms with Crippen LogP contribution < -0.4 is 4.74 Å². The summed E-state index contributed by atoms with van der Waals surface area (Å²) >= 11 is 5.85. The molecule has 0 aromatic heterocycles. The van der Waals surface area contributed by atoms with Crippen LogP contribution in [0.2, 0.25) is 5.02 Å². The number of benzene rings is 2. The van der Waals surface area contributed by atoms with Crippen molar-refractivity contribution in [3.05, 3.63) is 64.2 Å². The molecule has 2 rings (SSSR count). The first-order chi connectivity index (χ1) is 9.84. The highest BCUT2D eigenvalue weighted by atomic mass is 35.5. The average molecular weight is 317 g/mol. The van der Waals surface area contributed by atoms with Crippen molar-refractivity contribution in [2.24, 2.45) is 0 Å². The average Bonchev–Trinajstić information content (AvgIpc) is 2.45. The van der Waals surface area contributed by atoms with Crippen molar-refractivity contribution in [1.29, 1.82) is 0 Å². The zero-order valence-electron chi connectivity index (χ0n) is 11.0. The van der Waals surface area contributed by atoms with Gasteiger partial charge in [-0.3, -0.25) is 0 Å². The van der Waals surface area contributed by atoms with Gasteiger partial charge in [-0.1, -0.05) is 29.8 Å². The Balaban J connectivity index is 2.56. The predicted molar refractivity (Wildman–Crippen MR) is 73.5 cm³/mol. The van der Waals surface area contributed by atoms with E-state index in [-0.39, 0.29) is 16.9 Å². The van der Waals surface area contributed by atoms with Crippen molar-refractivity contribution in [1.82, 2.24) is 0 Å². The summed E-state index contributed by atoms with van der Waals surface area (Å²) in [6.45, 7) is 0. The first kappa shape index (κ1) is 15.7. The Hall–Kier alpha value is -1.72. The predicted octanol–water partition coefficient (Wildman–Crippen LogP) is 4.45. The van der Waals surface area contributed by atoms with E-state index >= 15 is 0 Å². The summed E-state index contributed by atoms with van der Waals surface area (Å²) in [5.41, 5.74) is -0.952. The van der Waals surface area contributed by atoms with Gasteiger partial charge >= 0.3 is 6.18 Å². The highest BCUT2D eigenvalue weighted by Gasteiger charge is 2.35. The Morgan fingerprint density at radius 1 is 1.10 bits per heavy atom. The van der Waals surface area contributed by atoms with Gasteiger partial charge in [0.15, 0.2) is 0 Å². The fraction of sp³-hybridized carbons (Fsp3) is 0.200. The van der Waals surface area contributed by atoms with Gasteiger partial charge in [-0.05, 0) is 29.8 Å². The maximum Gasteiger partial charge on any atom is 0.416 e. The summed E-state index contributed by atoms with van der Waals surface area (Å²) in [6, 6.07) is 9.28. The van der Waals surface area contributed by atoms with E-state index < -0.39 is 17.8 Å². The minimum atomic E-state index is -4.55. The lowest BCUT2D eigenvalue weighted by Crippen LogP contribution is -2.13. The highest BCUT2D eigenvalue weighted by Crippen LogP contribution is 2.39. The van der Waals surface area contributed by atoms with Crippen molar-refractivity contribution in [3.63, 3.8) is 0 Å². The number of alkyl halides is 3. The fourth-order valence-electron chi connectivity index (χ4n) is 2.08. The molecule has 1 atom stereocenters. The van der Waals surface area contributed by atoms with E-state index in [1.165, 1.54) is 43.5 Å². The van der Waals surface area contributed by atoms with Crippen molar-refractivity contribution >= 4 is 11.6 Å². The SMILES string of the molecule is COc1ccc(Cl)cc1C(O)c1ccccc1C(F)(F)F. The summed E-state index contributed by atoms with van der Waals surface area (Å²) in [6.07, 6.45) is -6.04. The third kappa shape index (κ3) is 3.31. The van der Waals surface area contributed by atoms with E-state index in [1.54, 1.807) is 0 Å². The van der Waals surface area contributed by atoms with E-state index in [0.717, 1.165) is 6.07 Å². The fourth-order valence-corrected chi connectivity index (χ4v) is 2.26. The van der Waals surface area contributed by atoms with E-state index in [4.69, 9.17) is 16.3 Å². The minimum absolute atomic E-state index is 0.182. The summed E-state index contributed by atoms with van der Waals surface area (Å²) in [5, 5.41) is 10.6. The normalized spacial score (nSPS) is 13.0. The molecule has 0 spiro atoms. The van der Waals surface area contributed by atoms with E-state index in [0.29, 0.717) is 5.02 Å². The smallest absolute Gasteiger partial charge is 0.416 e. The van der Waals surface area contributed by atoms with Crippen LogP contribution in [0.5, 0.6) is 5.75 Å². The zero-order valence-corrected chi connectivity index (χ0v) is 11.7. The monoisotopic (exact) mass is 316 g/mol. The molecule has 0 amide bonds. The molecule has 0 aliphatic carbocycles. The molecule has 6 heteroatoms. The Kier molecular flexibility index (Phi) is 4.44. The molecule has 2 aromatic rings. The third-order valence-corrected chi connectivity index (χ3v) is 3.28. The molecule has 0 saturated heterocycles. The first-order valence-corrected chi connectivity index (χ1v) is 6.40. The van der Waals surface area contributed by atoms with Crippen LogP contribution in [-0.2, 0) is 6.18 Å². The van der Waals surface area contributed by atoms with Crippen LogP contribution in [0, 0.1) is 0 Å². The molecule has 0 heterocycles. The quantitative estimate of drug-likeness (QED) is 0.906. The lowest BCUT2D eigenvalue weighted by atomic mass is 9.96. The van der Waals surface area contributed by atoms with Gasteiger partial charge in [0, 0.05) is 10.6 Å². The van der Waals surface area contributed by atoms with Crippen LogP contribution in [-0.4, -0.2) is 12.2 Å². The molecule has 112 valence electrons. The van der Waals surface area contributed by atoms with Gasteiger partial charge in [-0.15, -0.1) is 0 Å². The van der Waals surface area contributed by atoms with Crippen LogP contribution in [0.4, 0.5) is 13.2 Å². The Morgan fingerprint density at radius 2 is 1.76 bits per heavy atom. The standard InChI is InChI=1S/C15H12ClF3O2/c1-21-13-7-6-9(16)8-11(13)14(20)10-4-2-3-5-12(10)15(17,18)19/h2-8,14,20H,1H3. The molecule has 2 aromatic carbocycles. The van der Waals surface area contributed by atoms with Crippen molar-refractivity contribution in [3.8, 4) is 5.75 Å². The molecule has 0 fully saturated rings. The Bertz CT molecular complexity index is 641. The molecule has 21 heavy (non-hydrogen) atoms. The molecule has 1 N–H and O–H groups in total. The summed E-state index contributed by atoms with van der Waals surface area (Å²) in [7, 11) is 1.37. The maximum atomic E-state index is 13.0. The van der Waals surface area contributed by atoms with Gasteiger partial charge in [0.1, 0.15) is 11.9 Å². The van der Waals surface area contributed by atoms with Crippen LogP contribution in [0.15, 0.2) is 42.5 Å². The van der Waals surface area contributed by atoms with Crippen LogP contribution in [0.1, 0.15) is 22.8 Å². The lowest BCUT2D eigenvalue weighted by molar-refractivity contribution is -0.139. The second-order valence-corrected chi connectivity index (χ2v) is 4.81. The molecule has 0 saturated carbocycles.